The van der Waals surface area contributed by atoms with Crippen molar-refractivity contribution in [2.45, 2.75) is 33.1 Å². The lowest BCUT2D eigenvalue weighted by Crippen LogP contribution is -2.24. The molecule has 1 heterocycles. The fourth-order valence-corrected chi connectivity index (χ4v) is 2.71. The van der Waals surface area contributed by atoms with Crippen molar-refractivity contribution < 1.29 is 28.6 Å². The number of hydrogen-bond acceptors (Lipinski definition) is 5. The first-order chi connectivity index (χ1) is 13.0. The molecule has 0 spiro atoms. The molecule has 2 rings (SSSR count). The normalized spacial score (nSPS) is 10.5. The van der Waals surface area contributed by atoms with E-state index in [0.29, 0.717) is 36.8 Å². The number of hydrogen-bond donors (Lipinski definition) is 2. The molecular formula is C20H25NO6. The standard InChI is InChI=1S/C20H25NO6/c1-4-15-14(20(23)24)12-18(27-15)19(22)21-10-6-7-13-8-9-16(25-3)17(11-13)26-5-2/h8-9,11-12H,4-7,10H2,1-3H3,(H,21,22)(H,23,24). The van der Waals surface area contributed by atoms with Gasteiger partial charge in [-0.05, 0) is 37.5 Å². The van der Waals surface area contributed by atoms with E-state index in [1.54, 1.807) is 14.0 Å². The summed E-state index contributed by atoms with van der Waals surface area (Å²) in [6.07, 6.45) is 1.88. The Bertz CT molecular complexity index is 796. The van der Waals surface area contributed by atoms with Crippen LogP contribution in [-0.2, 0) is 12.8 Å². The minimum Gasteiger partial charge on any atom is -0.493 e. The number of benzene rings is 1. The second-order valence-electron chi connectivity index (χ2n) is 5.88. The number of methoxy groups -OCH3 is 1. The number of aromatic carboxylic acids is 1. The van der Waals surface area contributed by atoms with Crippen molar-refractivity contribution in [1.82, 2.24) is 5.32 Å². The number of carbonyl (C=O) groups excluding carboxylic acids is 1. The van der Waals surface area contributed by atoms with Crippen molar-refractivity contribution in [3.63, 3.8) is 0 Å². The average Bonchev–Trinajstić information content (AvgIpc) is 3.10. The Kier molecular flexibility index (Phi) is 7.28. The van der Waals surface area contributed by atoms with E-state index in [1.165, 1.54) is 6.07 Å². The zero-order chi connectivity index (χ0) is 19.8. The third kappa shape index (κ3) is 5.26. The van der Waals surface area contributed by atoms with Gasteiger partial charge in [-0.2, -0.15) is 0 Å². The Balaban J connectivity index is 1.89. The van der Waals surface area contributed by atoms with Crippen molar-refractivity contribution in [3.8, 4) is 11.5 Å². The summed E-state index contributed by atoms with van der Waals surface area (Å²) in [5.74, 6) is 0.195. The van der Waals surface area contributed by atoms with Gasteiger partial charge in [-0.25, -0.2) is 4.79 Å². The predicted octanol–water partition coefficient (Wildman–Crippen LogP) is 3.31. The third-order valence-electron chi connectivity index (χ3n) is 4.04. The van der Waals surface area contributed by atoms with E-state index in [2.05, 4.69) is 5.32 Å². The van der Waals surface area contributed by atoms with E-state index in [4.69, 9.17) is 19.0 Å². The lowest BCUT2D eigenvalue weighted by molar-refractivity contribution is 0.0694. The van der Waals surface area contributed by atoms with Crippen LogP contribution in [0.5, 0.6) is 11.5 Å². The molecule has 27 heavy (non-hydrogen) atoms. The highest BCUT2D eigenvalue weighted by Crippen LogP contribution is 2.28. The van der Waals surface area contributed by atoms with E-state index >= 15 is 0 Å². The van der Waals surface area contributed by atoms with Crippen LogP contribution in [0, 0.1) is 0 Å². The zero-order valence-electron chi connectivity index (χ0n) is 15.8. The number of rotatable bonds is 10. The van der Waals surface area contributed by atoms with Crippen LogP contribution >= 0.6 is 0 Å². The molecular weight excluding hydrogens is 350 g/mol. The maximum Gasteiger partial charge on any atom is 0.339 e. The lowest BCUT2D eigenvalue weighted by atomic mass is 10.1. The maximum absolute atomic E-state index is 12.1. The number of carboxylic acids is 1. The van der Waals surface area contributed by atoms with Gasteiger partial charge in [0.1, 0.15) is 11.3 Å². The summed E-state index contributed by atoms with van der Waals surface area (Å²) in [5.41, 5.74) is 1.11. The first-order valence-electron chi connectivity index (χ1n) is 8.94. The molecule has 0 aliphatic rings. The van der Waals surface area contributed by atoms with Gasteiger partial charge < -0.3 is 24.3 Å². The van der Waals surface area contributed by atoms with Gasteiger partial charge >= 0.3 is 5.97 Å². The van der Waals surface area contributed by atoms with Crippen molar-refractivity contribution >= 4 is 11.9 Å². The molecule has 0 saturated carbocycles. The van der Waals surface area contributed by atoms with Crippen LogP contribution < -0.4 is 14.8 Å². The van der Waals surface area contributed by atoms with Crippen molar-refractivity contribution in [2.75, 3.05) is 20.3 Å². The van der Waals surface area contributed by atoms with Crippen LogP contribution in [0.3, 0.4) is 0 Å². The third-order valence-corrected chi connectivity index (χ3v) is 4.04. The van der Waals surface area contributed by atoms with E-state index in [1.807, 2.05) is 25.1 Å². The van der Waals surface area contributed by atoms with Gasteiger partial charge in [0, 0.05) is 19.0 Å². The van der Waals surface area contributed by atoms with Crippen LogP contribution in [0.2, 0.25) is 0 Å². The smallest absolute Gasteiger partial charge is 0.339 e. The van der Waals surface area contributed by atoms with Gasteiger partial charge in [0.25, 0.3) is 5.91 Å². The Labute approximate surface area is 158 Å². The molecule has 7 nitrogen and oxygen atoms in total. The molecule has 0 unspecified atom stereocenters. The number of carbonyl (C=O) groups is 2. The van der Waals surface area contributed by atoms with Crippen LogP contribution in [0.25, 0.3) is 0 Å². The number of nitrogens with one attached hydrogen (secondary N) is 1. The molecule has 1 amide bonds. The monoisotopic (exact) mass is 375 g/mol. The SMILES string of the molecule is CCOc1cc(CCCNC(=O)c2cc(C(=O)O)c(CC)o2)ccc1OC. The summed E-state index contributed by atoms with van der Waals surface area (Å²) in [5, 5.41) is 11.9. The first-order valence-corrected chi connectivity index (χ1v) is 8.94. The molecule has 0 aliphatic carbocycles. The molecule has 2 aromatic rings. The van der Waals surface area contributed by atoms with Crippen LogP contribution in [-0.4, -0.2) is 37.2 Å². The highest BCUT2D eigenvalue weighted by molar-refractivity contribution is 5.96. The highest BCUT2D eigenvalue weighted by atomic mass is 16.5. The Morgan fingerprint density at radius 1 is 1.19 bits per heavy atom. The molecule has 0 fully saturated rings. The van der Waals surface area contributed by atoms with Gasteiger partial charge in [-0.3, -0.25) is 4.79 Å². The zero-order valence-corrected chi connectivity index (χ0v) is 15.8. The number of carboxylic acid groups (broad SMARTS) is 1. The van der Waals surface area contributed by atoms with Crippen molar-refractivity contribution in [1.29, 1.82) is 0 Å². The summed E-state index contributed by atoms with van der Waals surface area (Å²) >= 11 is 0. The fourth-order valence-electron chi connectivity index (χ4n) is 2.71. The molecule has 7 heteroatoms. The quantitative estimate of drug-likeness (QED) is 0.618. The van der Waals surface area contributed by atoms with Gasteiger partial charge in [0.2, 0.25) is 0 Å². The Hall–Kier alpha value is -2.96. The number of ether oxygens (including phenoxy) is 2. The summed E-state index contributed by atoms with van der Waals surface area (Å²) in [7, 11) is 1.60. The predicted molar refractivity (Wildman–Crippen MR) is 99.9 cm³/mol. The highest BCUT2D eigenvalue weighted by Gasteiger charge is 2.19. The number of aryl methyl sites for hydroxylation is 2. The number of amides is 1. The molecule has 0 bridgehead atoms. The van der Waals surface area contributed by atoms with Crippen LogP contribution in [0.4, 0.5) is 0 Å². The maximum atomic E-state index is 12.1. The molecule has 0 radical (unpaired) electrons. The van der Waals surface area contributed by atoms with E-state index < -0.39 is 11.9 Å². The number of furan rings is 1. The topological polar surface area (TPSA) is 98.0 Å². The fraction of sp³-hybridized carbons (Fsp3) is 0.400. The second-order valence-corrected chi connectivity index (χ2v) is 5.88. The summed E-state index contributed by atoms with van der Waals surface area (Å²) in [6, 6.07) is 7.03. The minimum atomic E-state index is -1.10. The summed E-state index contributed by atoms with van der Waals surface area (Å²) < 4.78 is 16.2. The summed E-state index contributed by atoms with van der Waals surface area (Å²) in [4.78, 5) is 23.3. The molecule has 1 aromatic heterocycles. The molecule has 1 aromatic carbocycles. The molecule has 0 saturated heterocycles. The second kappa shape index (κ2) is 9.66. The van der Waals surface area contributed by atoms with Gasteiger partial charge in [-0.15, -0.1) is 0 Å². The van der Waals surface area contributed by atoms with Crippen LogP contribution in [0.15, 0.2) is 28.7 Å². The van der Waals surface area contributed by atoms with Gasteiger partial charge in [0.05, 0.1) is 13.7 Å². The molecule has 0 aliphatic heterocycles. The van der Waals surface area contributed by atoms with Crippen molar-refractivity contribution in [2.24, 2.45) is 0 Å². The average molecular weight is 375 g/mol. The van der Waals surface area contributed by atoms with Gasteiger partial charge in [0.15, 0.2) is 17.3 Å². The molecule has 146 valence electrons. The first kappa shape index (κ1) is 20.4. The van der Waals surface area contributed by atoms with E-state index in [-0.39, 0.29) is 11.3 Å². The molecule has 0 atom stereocenters. The Morgan fingerprint density at radius 2 is 1.96 bits per heavy atom. The minimum absolute atomic E-state index is 0.0207. The molecule has 2 N–H and O–H groups in total. The Morgan fingerprint density at radius 3 is 2.56 bits per heavy atom. The van der Waals surface area contributed by atoms with E-state index in [0.717, 1.165) is 18.4 Å². The van der Waals surface area contributed by atoms with Gasteiger partial charge in [-0.1, -0.05) is 13.0 Å². The van der Waals surface area contributed by atoms with E-state index in [9.17, 15) is 9.59 Å². The van der Waals surface area contributed by atoms with Crippen molar-refractivity contribution in [3.05, 3.63) is 46.9 Å². The van der Waals surface area contributed by atoms with Crippen LogP contribution in [0.1, 0.15) is 52.5 Å². The largest absolute Gasteiger partial charge is 0.493 e. The summed E-state index contributed by atoms with van der Waals surface area (Å²) in [6.45, 7) is 4.69. The lowest BCUT2D eigenvalue weighted by Gasteiger charge is -2.11.